The number of hydrogen-bond donors (Lipinski definition) is 1. The molecule has 0 radical (unpaired) electrons. The van der Waals surface area contributed by atoms with Crippen LogP contribution in [0.3, 0.4) is 0 Å². The highest BCUT2D eigenvalue weighted by Gasteiger charge is 2.17. The van der Waals surface area contributed by atoms with Crippen LogP contribution in [-0.4, -0.2) is 35.9 Å². The molecule has 1 aromatic rings. The fraction of sp³-hybridized carbons (Fsp3) is 0.833. The van der Waals surface area contributed by atoms with Gasteiger partial charge in [0.25, 0.3) is 0 Å². The van der Waals surface area contributed by atoms with Crippen molar-refractivity contribution in [3.63, 3.8) is 0 Å². The number of nitrogens with zero attached hydrogens (tertiary/aromatic N) is 2. The van der Waals surface area contributed by atoms with Gasteiger partial charge >= 0.3 is 0 Å². The van der Waals surface area contributed by atoms with E-state index in [-0.39, 0.29) is 0 Å². The minimum Gasteiger partial charge on any atom is -0.378 e. The highest BCUT2D eigenvalue weighted by Crippen LogP contribution is 2.08. The van der Waals surface area contributed by atoms with Crippen LogP contribution in [0.15, 0.2) is 4.52 Å². The molecule has 1 N–H and O–H groups in total. The Labute approximate surface area is 102 Å². The Morgan fingerprint density at radius 2 is 2.35 bits per heavy atom. The molecule has 0 aliphatic carbocycles. The van der Waals surface area contributed by atoms with Crippen molar-refractivity contribution in [3.8, 4) is 0 Å². The number of aromatic nitrogens is 2. The summed E-state index contributed by atoms with van der Waals surface area (Å²) in [7, 11) is 0. The maximum absolute atomic E-state index is 5.39. The molecular formula is C12H21N3O2. The monoisotopic (exact) mass is 239 g/mol. The fourth-order valence-corrected chi connectivity index (χ4v) is 1.85. The second kappa shape index (κ2) is 6.12. The Balaban J connectivity index is 1.80. The summed E-state index contributed by atoms with van der Waals surface area (Å²) in [5.74, 6) is 2.21. The summed E-state index contributed by atoms with van der Waals surface area (Å²) in [5.41, 5.74) is 0. The Kier molecular flexibility index (Phi) is 4.50. The number of ether oxygens (including phenoxy) is 1. The molecule has 1 saturated heterocycles. The van der Waals surface area contributed by atoms with Crippen LogP contribution in [-0.2, 0) is 17.6 Å². The average Bonchev–Trinajstić information content (AvgIpc) is 2.75. The first-order valence-electron chi connectivity index (χ1n) is 6.36. The van der Waals surface area contributed by atoms with Gasteiger partial charge in [0.15, 0.2) is 5.82 Å². The van der Waals surface area contributed by atoms with Crippen LogP contribution in [0.1, 0.15) is 32.0 Å². The van der Waals surface area contributed by atoms with Gasteiger partial charge in [-0.3, -0.25) is 0 Å². The number of rotatable bonds is 5. The lowest BCUT2D eigenvalue weighted by atomic mass is 10.1. The lowest BCUT2D eigenvalue weighted by Crippen LogP contribution is -2.42. The minimum atomic E-state index is 0.308. The Morgan fingerprint density at radius 3 is 3.06 bits per heavy atom. The number of aryl methyl sites for hydroxylation is 1. The van der Waals surface area contributed by atoms with Crippen LogP contribution in [0.25, 0.3) is 0 Å². The van der Waals surface area contributed by atoms with E-state index in [1.54, 1.807) is 0 Å². The van der Waals surface area contributed by atoms with Gasteiger partial charge < -0.3 is 14.6 Å². The third kappa shape index (κ3) is 4.09. The summed E-state index contributed by atoms with van der Waals surface area (Å²) in [5, 5.41) is 7.37. The van der Waals surface area contributed by atoms with Gasteiger partial charge in [0.2, 0.25) is 5.89 Å². The first-order valence-corrected chi connectivity index (χ1v) is 6.36. The maximum atomic E-state index is 5.39. The molecule has 1 aliphatic heterocycles. The predicted molar refractivity (Wildman–Crippen MR) is 63.8 cm³/mol. The highest BCUT2D eigenvalue weighted by atomic mass is 16.5. The van der Waals surface area contributed by atoms with Crippen molar-refractivity contribution in [1.82, 2.24) is 15.5 Å². The van der Waals surface area contributed by atoms with Gasteiger partial charge in [-0.1, -0.05) is 19.0 Å². The van der Waals surface area contributed by atoms with E-state index in [9.17, 15) is 0 Å². The Bertz CT molecular complexity index is 332. The SMILES string of the molecule is CC(C)CCc1noc(CC2COCCN2)n1. The fourth-order valence-electron chi connectivity index (χ4n) is 1.85. The van der Waals surface area contributed by atoms with E-state index in [1.807, 2.05) is 0 Å². The van der Waals surface area contributed by atoms with Crippen molar-refractivity contribution in [1.29, 1.82) is 0 Å². The van der Waals surface area contributed by atoms with Gasteiger partial charge in [0, 0.05) is 25.4 Å². The van der Waals surface area contributed by atoms with Crippen molar-refractivity contribution < 1.29 is 9.26 Å². The van der Waals surface area contributed by atoms with Gasteiger partial charge in [-0.25, -0.2) is 0 Å². The van der Waals surface area contributed by atoms with Crippen LogP contribution >= 0.6 is 0 Å². The first-order chi connectivity index (χ1) is 8.24. The van der Waals surface area contributed by atoms with Crippen LogP contribution < -0.4 is 5.32 Å². The summed E-state index contributed by atoms with van der Waals surface area (Å²) in [6, 6.07) is 0.308. The highest BCUT2D eigenvalue weighted by molar-refractivity contribution is 4.90. The molecule has 1 aromatic heterocycles. The quantitative estimate of drug-likeness (QED) is 0.836. The van der Waals surface area contributed by atoms with E-state index in [0.29, 0.717) is 17.9 Å². The summed E-state index contributed by atoms with van der Waals surface area (Å²) >= 11 is 0. The van der Waals surface area contributed by atoms with Crippen molar-refractivity contribution in [3.05, 3.63) is 11.7 Å². The van der Waals surface area contributed by atoms with Crippen LogP contribution in [0.2, 0.25) is 0 Å². The molecule has 1 aliphatic rings. The van der Waals surface area contributed by atoms with Crippen molar-refractivity contribution in [2.45, 2.75) is 39.2 Å². The van der Waals surface area contributed by atoms with Crippen LogP contribution in [0, 0.1) is 5.92 Å². The molecule has 17 heavy (non-hydrogen) atoms. The second-order valence-corrected chi connectivity index (χ2v) is 4.97. The molecule has 0 spiro atoms. The maximum Gasteiger partial charge on any atom is 0.228 e. The molecule has 5 nitrogen and oxygen atoms in total. The number of nitrogens with one attached hydrogen (secondary N) is 1. The van der Waals surface area contributed by atoms with E-state index in [0.717, 1.165) is 44.8 Å². The van der Waals surface area contributed by atoms with E-state index in [1.165, 1.54) is 0 Å². The molecule has 0 bridgehead atoms. The molecule has 96 valence electrons. The third-order valence-electron chi connectivity index (χ3n) is 2.87. The summed E-state index contributed by atoms with van der Waals surface area (Å²) < 4.78 is 10.6. The normalized spacial score (nSPS) is 21.0. The molecule has 0 amide bonds. The number of morpholine rings is 1. The van der Waals surface area contributed by atoms with Crippen LogP contribution in [0.4, 0.5) is 0 Å². The zero-order valence-electron chi connectivity index (χ0n) is 10.6. The Morgan fingerprint density at radius 1 is 1.47 bits per heavy atom. The minimum absolute atomic E-state index is 0.308. The summed E-state index contributed by atoms with van der Waals surface area (Å²) in [4.78, 5) is 4.40. The van der Waals surface area contributed by atoms with Gasteiger partial charge in [-0.05, 0) is 12.3 Å². The molecule has 1 unspecified atom stereocenters. The molecular weight excluding hydrogens is 218 g/mol. The van der Waals surface area contributed by atoms with Gasteiger partial charge in [0.05, 0.1) is 13.2 Å². The topological polar surface area (TPSA) is 60.2 Å². The smallest absolute Gasteiger partial charge is 0.228 e. The van der Waals surface area contributed by atoms with E-state index in [2.05, 4.69) is 29.3 Å². The lowest BCUT2D eigenvalue weighted by molar-refractivity contribution is 0.0744. The molecule has 0 saturated carbocycles. The lowest BCUT2D eigenvalue weighted by Gasteiger charge is -2.22. The molecule has 1 atom stereocenters. The van der Waals surface area contributed by atoms with E-state index >= 15 is 0 Å². The van der Waals surface area contributed by atoms with Crippen molar-refractivity contribution in [2.75, 3.05) is 19.8 Å². The standard InChI is InChI=1S/C12H21N3O2/c1-9(2)3-4-11-14-12(17-15-11)7-10-8-16-6-5-13-10/h9-10,13H,3-8H2,1-2H3. The average molecular weight is 239 g/mol. The van der Waals surface area contributed by atoms with Crippen molar-refractivity contribution >= 4 is 0 Å². The molecule has 0 aromatic carbocycles. The third-order valence-corrected chi connectivity index (χ3v) is 2.87. The molecule has 2 heterocycles. The summed E-state index contributed by atoms with van der Waals surface area (Å²) in [6.07, 6.45) is 2.76. The zero-order valence-corrected chi connectivity index (χ0v) is 10.6. The van der Waals surface area contributed by atoms with E-state index in [4.69, 9.17) is 9.26 Å². The number of hydrogen-bond acceptors (Lipinski definition) is 5. The summed E-state index contributed by atoms with van der Waals surface area (Å²) in [6.45, 7) is 6.82. The van der Waals surface area contributed by atoms with E-state index < -0.39 is 0 Å². The first kappa shape index (κ1) is 12.5. The Hall–Kier alpha value is -0.940. The van der Waals surface area contributed by atoms with Gasteiger partial charge in [-0.15, -0.1) is 0 Å². The molecule has 5 heteroatoms. The van der Waals surface area contributed by atoms with Crippen LogP contribution in [0.5, 0.6) is 0 Å². The molecule has 2 rings (SSSR count). The largest absolute Gasteiger partial charge is 0.378 e. The second-order valence-electron chi connectivity index (χ2n) is 4.97. The van der Waals surface area contributed by atoms with Crippen molar-refractivity contribution in [2.24, 2.45) is 5.92 Å². The molecule has 1 fully saturated rings. The zero-order chi connectivity index (χ0) is 12.1. The predicted octanol–water partition coefficient (Wildman–Crippen LogP) is 1.19. The van der Waals surface area contributed by atoms with Gasteiger partial charge in [-0.2, -0.15) is 4.98 Å². The van der Waals surface area contributed by atoms with Gasteiger partial charge in [0.1, 0.15) is 0 Å².